The topological polar surface area (TPSA) is 163 Å². The van der Waals surface area contributed by atoms with Gasteiger partial charge in [-0.05, 0) is 43.3 Å². The third-order valence-electron chi connectivity index (χ3n) is 3.69. The molecule has 12 heteroatoms. The summed E-state index contributed by atoms with van der Waals surface area (Å²) in [7, 11) is -5.27. The lowest BCUT2D eigenvalue weighted by Gasteiger charge is -2.17. The normalized spacial score (nSPS) is 12.1. The van der Waals surface area contributed by atoms with Gasteiger partial charge < -0.3 is 20.9 Å². The van der Waals surface area contributed by atoms with Gasteiger partial charge in [0.2, 0.25) is 20.0 Å². The van der Waals surface area contributed by atoms with Crippen LogP contribution in [0.4, 0.5) is 11.4 Å². The Morgan fingerprint density at radius 1 is 0.786 bits per heavy atom. The van der Waals surface area contributed by atoms with Crippen LogP contribution in [0.5, 0.6) is 11.5 Å². The molecule has 0 saturated heterocycles. The molecule has 2 aromatic carbocycles. The number of hydrogen-bond donors (Lipinski definition) is 4. The van der Waals surface area contributed by atoms with Crippen molar-refractivity contribution in [1.82, 2.24) is 9.44 Å². The fourth-order valence-corrected chi connectivity index (χ4v) is 4.84. The lowest BCUT2D eigenvalue weighted by Crippen LogP contribution is -2.45. The summed E-state index contributed by atoms with van der Waals surface area (Å²) in [4.78, 5) is -0.268. The highest BCUT2D eigenvalue weighted by Gasteiger charge is 2.23. The quantitative estimate of drug-likeness (QED) is 0.347. The van der Waals surface area contributed by atoms with Gasteiger partial charge in [-0.25, -0.2) is 16.8 Å². The van der Waals surface area contributed by atoms with Gasteiger partial charge in [0.05, 0.1) is 41.6 Å². The summed E-state index contributed by atoms with van der Waals surface area (Å²) in [5.41, 5.74) is 11.7. The van der Waals surface area contributed by atoms with Gasteiger partial charge in [-0.3, -0.25) is 0 Å². The van der Waals surface area contributed by atoms with Crippen molar-refractivity contribution in [1.29, 1.82) is 0 Å². The maximum Gasteiger partial charge on any atom is 0.242 e. The molecule has 10 nitrogen and oxygen atoms in total. The summed E-state index contributed by atoms with van der Waals surface area (Å²) < 4.78 is 64.3. The number of ether oxygens (including phenoxy) is 2. The Hall–Kier alpha value is -2.54. The third-order valence-corrected chi connectivity index (χ3v) is 6.76. The first-order chi connectivity index (χ1) is 13.0. The fraction of sp³-hybridized carbons (Fsp3) is 0.250. The number of sulfonamides is 2. The van der Waals surface area contributed by atoms with Gasteiger partial charge in [0.1, 0.15) is 11.5 Å². The largest absolute Gasteiger partial charge is 0.495 e. The number of methoxy groups -OCH3 is 2. The molecule has 0 radical (unpaired) electrons. The summed E-state index contributed by atoms with van der Waals surface area (Å²) in [5.74, 6) is 0.648. The van der Waals surface area contributed by atoms with E-state index in [-0.39, 0.29) is 21.2 Å². The van der Waals surface area contributed by atoms with Crippen LogP contribution in [0.15, 0.2) is 46.2 Å². The zero-order valence-corrected chi connectivity index (χ0v) is 17.1. The molecule has 0 aromatic heterocycles. The Kier molecular flexibility index (Phi) is 6.39. The highest BCUT2D eigenvalue weighted by atomic mass is 32.2. The molecule has 0 fully saturated rings. The van der Waals surface area contributed by atoms with Gasteiger partial charge >= 0.3 is 0 Å². The Balaban J connectivity index is 2.19. The molecule has 2 aromatic rings. The second-order valence-electron chi connectivity index (χ2n) is 5.77. The van der Waals surface area contributed by atoms with Crippen LogP contribution in [0.1, 0.15) is 6.92 Å². The van der Waals surface area contributed by atoms with Gasteiger partial charge in [-0.1, -0.05) is 0 Å². The second kappa shape index (κ2) is 8.22. The van der Waals surface area contributed by atoms with E-state index >= 15 is 0 Å². The molecule has 0 saturated carbocycles. The number of benzene rings is 2. The molecule has 28 heavy (non-hydrogen) atoms. The van der Waals surface area contributed by atoms with Crippen molar-refractivity contribution >= 4 is 31.4 Å². The van der Waals surface area contributed by atoms with Crippen molar-refractivity contribution < 1.29 is 26.3 Å². The summed E-state index contributed by atoms with van der Waals surface area (Å²) in [6.07, 6.45) is -1.15. The molecule has 0 heterocycles. The van der Waals surface area contributed by atoms with E-state index in [1.54, 1.807) is 0 Å². The standard InChI is InChI=1S/C16H22N4O6S2/c1-10(19-27(21,22)11-4-6-15(25-2)13(17)8-11)20-28(23,24)12-5-7-16(26-3)14(18)9-12/h4-10,19-20H,17-18H2,1-3H3. The van der Waals surface area contributed by atoms with E-state index in [1.165, 1.54) is 57.5 Å². The minimum absolute atomic E-state index is 0.132. The molecule has 0 atom stereocenters. The van der Waals surface area contributed by atoms with Gasteiger partial charge in [0, 0.05) is 0 Å². The van der Waals surface area contributed by atoms with E-state index in [9.17, 15) is 16.8 Å². The molecular weight excluding hydrogens is 408 g/mol. The molecule has 154 valence electrons. The molecule has 2 rings (SSSR count). The predicted octanol–water partition coefficient (Wildman–Crippen LogP) is 0.471. The summed E-state index contributed by atoms with van der Waals surface area (Å²) in [6.45, 7) is 1.34. The van der Waals surface area contributed by atoms with E-state index in [2.05, 4.69) is 9.44 Å². The molecule has 0 bridgehead atoms. The van der Waals surface area contributed by atoms with Crippen LogP contribution in [0, 0.1) is 0 Å². The Bertz CT molecular complexity index is 985. The Labute approximate surface area is 163 Å². The van der Waals surface area contributed by atoms with Crippen LogP contribution < -0.4 is 30.4 Å². The van der Waals surface area contributed by atoms with Crippen molar-refractivity contribution in [2.75, 3.05) is 25.7 Å². The zero-order chi connectivity index (χ0) is 21.1. The number of nitrogen functional groups attached to an aromatic ring is 2. The summed E-state index contributed by atoms with van der Waals surface area (Å²) >= 11 is 0. The van der Waals surface area contributed by atoms with Crippen LogP contribution in [0.25, 0.3) is 0 Å². The molecular formula is C16H22N4O6S2. The van der Waals surface area contributed by atoms with Gasteiger partial charge in [0.25, 0.3) is 0 Å². The smallest absolute Gasteiger partial charge is 0.242 e. The van der Waals surface area contributed by atoms with E-state index in [0.29, 0.717) is 11.5 Å². The third kappa shape index (κ3) is 4.84. The highest BCUT2D eigenvalue weighted by molar-refractivity contribution is 7.90. The number of anilines is 2. The van der Waals surface area contributed by atoms with Crippen LogP contribution >= 0.6 is 0 Å². The molecule has 0 aliphatic heterocycles. The molecule has 6 N–H and O–H groups in total. The van der Waals surface area contributed by atoms with E-state index in [1.807, 2.05) is 0 Å². The molecule has 0 amide bonds. The number of nitrogens with two attached hydrogens (primary N) is 2. The van der Waals surface area contributed by atoms with Crippen molar-refractivity contribution in [3.63, 3.8) is 0 Å². The first kappa shape index (κ1) is 21.8. The lowest BCUT2D eigenvalue weighted by molar-refractivity contribution is 0.416. The van der Waals surface area contributed by atoms with Crippen LogP contribution in [-0.4, -0.2) is 37.2 Å². The van der Waals surface area contributed by atoms with Crippen molar-refractivity contribution in [3.8, 4) is 11.5 Å². The van der Waals surface area contributed by atoms with E-state index < -0.39 is 26.2 Å². The van der Waals surface area contributed by atoms with E-state index in [4.69, 9.17) is 20.9 Å². The number of rotatable bonds is 8. The van der Waals surface area contributed by atoms with Crippen molar-refractivity contribution in [3.05, 3.63) is 36.4 Å². The molecule has 0 spiro atoms. The van der Waals surface area contributed by atoms with Crippen molar-refractivity contribution in [2.45, 2.75) is 22.9 Å². The Morgan fingerprint density at radius 2 is 1.14 bits per heavy atom. The minimum atomic E-state index is -4.04. The van der Waals surface area contributed by atoms with Gasteiger partial charge in [-0.2, -0.15) is 9.44 Å². The van der Waals surface area contributed by atoms with Gasteiger partial charge in [-0.15, -0.1) is 0 Å². The summed E-state index contributed by atoms with van der Waals surface area (Å²) in [5, 5.41) is 0. The minimum Gasteiger partial charge on any atom is -0.495 e. The maximum atomic E-state index is 12.5. The zero-order valence-electron chi connectivity index (χ0n) is 15.5. The van der Waals surface area contributed by atoms with E-state index in [0.717, 1.165) is 0 Å². The first-order valence-electron chi connectivity index (χ1n) is 7.92. The van der Waals surface area contributed by atoms with Crippen LogP contribution in [0.3, 0.4) is 0 Å². The summed E-state index contributed by atoms with van der Waals surface area (Å²) in [6, 6.07) is 7.82. The molecule has 0 aliphatic carbocycles. The highest BCUT2D eigenvalue weighted by Crippen LogP contribution is 2.25. The average Bonchev–Trinajstić information content (AvgIpc) is 2.60. The Morgan fingerprint density at radius 3 is 1.43 bits per heavy atom. The molecule has 0 unspecified atom stereocenters. The second-order valence-corrected chi connectivity index (χ2v) is 9.20. The van der Waals surface area contributed by atoms with Crippen molar-refractivity contribution in [2.24, 2.45) is 0 Å². The number of hydrogen-bond acceptors (Lipinski definition) is 8. The number of nitrogens with one attached hydrogen (secondary N) is 2. The van der Waals surface area contributed by atoms with Crippen LogP contribution in [0.2, 0.25) is 0 Å². The maximum absolute atomic E-state index is 12.5. The van der Waals surface area contributed by atoms with Crippen LogP contribution in [-0.2, 0) is 20.0 Å². The monoisotopic (exact) mass is 430 g/mol. The fourth-order valence-electron chi connectivity index (χ4n) is 2.38. The first-order valence-corrected chi connectivity index (χ1v) is 10.9. The van der Waals surface area contributed by atoms with Gasteiger partial charge in [0.15, 0.2) is 0 Å². The predicted molar refractivity (Wildman–Crippen MR) is 105 cm³/mol. The average molecular weight is 431 g/mol. The molecule has 0 aliphatic rings. The lowest BCUT2D eigenvalue weighted by atomic mass is 10.3. The SMILES string of the molecule is COc1ccc(S(=O)(=O)NC(C)NS(=O)(=O)c2ccc(OC)c(N)c2)cc1N.